The summed E-state index contributed by atoms with van der Waals surface area (Å²) in [7, 11) is 1.50. The number of amides is 1. The van der Waals surface area contributed by atoms with Gasteiger partial charge in [-0.2, -0.15) is 0 Å². The number of H-pyrrole nitrogens is 1. The number of aromatic amines is 1. The number of nitrogens with zero attached hydrogens (tertiary/aromatic N) is 2. The van der Waals surface area contributed by atoms with Gasteiger partial charge in [-0.3, -0.25) is 19.4 Å². The first-order valence-electron chi connectivity index (χ1n) is 9.49. The van der Waals surface area contributed by atoms with Gasteiger partial charge in [0, 0.05) is 31.3 Å². The third kappa shape index (κ3) is 3.63. The molecule has 1 aromatic carbocycles. The average molecular weight is 391 g/mol. The van der Waals surface area contributed by atoms with Gasteiger partial charge < -0.3 is 14.6 Å². The van der Waals surface area contributed by atoms with Crippen LogP contribution in [0.1, 0.15) is 33.6 Å². The largest absolute Gasteiger partial charge is 0.494 e. The van der Waals surface area contributed by atoms with Crippen LogP contribution < -0.4 is 4.74 Å². The van der Waals surface area contributed by atoms with E-state index >= 15 is 0 Å². The van der Waals surface area contributed by atoms with E-state index in [4.69, 9.17) is 4.74 Å². The standard InChI is InChI=1S/C22H21N3O4/c1-29-19-11-23-10-17-20(19)16(9-24-17)21(27)22(28)25-12-14(13-25)7-8-18(26)15-5-3-2-4-6-15/h2-6,9-11,14,24H,7-8,12-13H2,1H3. The molecule has 4 rings (SSSR count). The van der Waals surface area contributed by atoms with E-state index < -0.39 is 11.7 Å². The fourth-order valence-corrected chi connectivity index (χ4v) is 3.67. The second-order valence-corrected chi connectivity index (χ2v) is 7.20. The molecule has 148 valence electrons. The number of aromatic nitrogens is 2. The van der Waals surface area contributed by atoms with E-state index in [0.29, 0.717) is 48.1 Å². The van der Waals surface area contributed by atoms with E-state index in [9.17, 15) is 14.4 Å². The molecule has 2 aromatic heterocycles. The van der Waals surface area contributed by atoms with Gasteiger partial charge in [-0.05, 0) is 12.3 Å². The molecule has 1 saturated heterocycles. The number of benzene rings is 1. The molecular weight excluding hydrogens is 370 g/mol. The van der Waals surface area contributed by atoms with Crippen LogP contribution in [-0.2, 0) is 4.79 Å². The predicted octanol–water partition coefficient (Wildman–Crippen LogP) is 2.88. The third-order valence-electron chi connectivity index (χ3n) is 5.33. The molecule has 0 bridgehead atoms. The Morgan fingerprint density at radius 3 is 2.66 bits per heavy atom. The van der Waals surface area contributed by atoms with Gasteiger partial charge in [0.15, 0.2) is 5.78 Å². The van der Waals surface area contributed by atoms with Crippen LogP contribution in [0.25, 0.3) is 10.9 Å². The van der Waals surface area contributed by atoms with Crippen LogP contribution >= 0.6 is 0 Å². The van der Waals surface area contributed by atoms with Crippen molar-refractivity contribution < 1.29 is 19.1 Å². The highest BCUT2D eigenvalue weighted by Gasteiger charge is 2.35. The van der Waals surface area contributed by atoms with Crippen LogP contribution in [0.4, 0.5) is 0 Å². The molecule has 0 saturated carbocycles. The van der Waals surface area contributed by atoms with Crippen molar-refractivity contribution in [1.29, 1.82) is 0 Å². The minimum Gasteiger partial charge on any atom is -0.494 e. The Morgan fingerprint density at radius 1 is 1.17 bits per heavy atom. The van der Waals surface area contributed by atoms with Crippen molar-refractivity contribution in [3.8, 4) is 5.75 Å². The Hall–Kier alpha value is -3.48. The molecule has 1 aliphatic heterocycles. The number of likely N-dealkylation sites (tertiary alicyclic amines) is 1. The van der Waals surface area contributed by atoms with Crippen LogP contribution in [0.5, 0.6) is 5.75 Å². The van der Waals surface area contributed by atoms with Crippen molar-refractivity contribution in [2.24, 2.45) is 5.92 Å². The number of methoxy groups -OCH3 is 1. The summed E-state index contributed by atoms with van der Waals surface area (Å²) in [5.41, 5.74) is 1.63. The van der Waals surface area contributed by atoms with Gasteiger partial charge in [0.1, 0.15) is 5.75 Å². The van der Waals surface area contributed by atoms with Gasteiger partial charge in [-0.1, -0.05) is 30.3 Å². The second-order valence-electron chi connectivity index (χ2n) is 7.20. The zero-order chi connectivity index (χ0) is 20.4. The summed E-state index contributed by atoms with van der Waals surface area (Å²) in [6, 6.07) is 9.19. The first kappa shape index (κ1) is 18.9. The van der Waals surface area contributed by atoms with Gasteiger partial charge in [-0.25, -0.2) is 0 Å². The molecule has 0 atom stereocenters. The van der Waals surface area contributed by atoms with Crippen molar-refractivity contribution >= 4 is 28.4 Å². The van der Waals surface area contributed by atoms with E-state index in [1.165, 1.54) is 24.4 Å². The van der Waals surface area contributed by atoms with E-state index in [2.05, 4.69) is 9.97 Å². The maximum absolute atomic E-state index is 12.7. The minimum atomic E-state index is -0.570. The number of ether oxygens (including phenoxy) is 1. The van der Waals surface area contributed by atoms with Gasteiger partial charge in [0.2, 0.25) is 0 Å². The lowest BCUT2D eigenvalue weighted by molar-refractivity contribution is -0.132. The summed E-state index contributed by atoms with van der Waals surface area (Å²) in [6.07, 6.45) is 5.77. The van der Waals surface area contributed by atoms with Crippen molar-refractivity contribution in [1.82, 2.24) is 14.9 Å². The molecule has 29 heavy (non-hydrogen) atoms. The van der Waals surface area contributed by atoms with Crippen LogP contribution in [0, 0.1) is 5.92 Å². The quantitative estimate of drug-likeness (QED) is 0.494. The number of rotatable bonds is 7. The molecule has 7 heteroatoms. The smallest absolute Gasteiger partial charge is 0.295 e. The average Bonchev–Trinajstić information content (AvgIpc) is 3.16. The predicted molar refractivity (Wildman–Crippen MR) is 107 cm³/mol. The molecule has 3 aromatic rings. The number of fused-ring (bicyclic) bond motifs is 1. The lowest BCUT2D eigenvalue weighted by Crippen LogP contribution is -2.52. The number of Topliss-reactive ketones (excluding diaryl/α,β-unsaturated/α-hetero) is 2. The molecule has 0 unspecified atom stereocenters. The Kier molecular flexibility index (Phi) is 5.12. The minimum absolute atomic E-state index is 0.103. The zero-order valence-electron chi connectivity index (χ0n) is 16.1. The summed E-state index contributed by atoms with van der Waals surface area (Å²) in [4.78, 5) is 46.1. The Morgan fingerprint density at radius 2 is 1.93 bits per heavy atom. The van der Waals surface area contributed by atoms with E-state index in [1.807, 2.05) is 30.3 Å². The summed E-state index contributed by atoms with van der Waals surface area (Å²) < 4.78 is 5.27. The lowest BCUT2D eigenvalue weighted by Gasteiger charge is -2.38. The number of hydrogen-bond acceptors (Lipinski definition) is 5. The van der Waals surface area contributed by atoms with Crippen LogP contribution in [0.2, 0.25) is 0 Å². The molecule has 1 aliphatic rings. The van der Waals surface area contributed by atoms with Crippen molar-refractivity contribution in [2.75, 3.05) is 20.2 Å². The topological polar surface area (TPSA) is 92.4 Å². The summed E-state index contributed by atoms with van der Waals surface area (Å²) in [5.74, 6) is -0.317. The molecule has 1 fully saturated rings. The Bertz CT molecular complexity index is 1070. The maximum Gasteiger partial charge on any atom is 0.295 e. The number of pyridine rings is 1. The molecule has 7 nitrogen and oxygen atoms in total. The summed E-state index contributed by atoms with van der Waals surface area (Å²) in [5, 5.41) is 0.561. The van der Waals surface area contributed by atoms with E-state index in [0.717, 1.165) is 0 Å². The molecule has 3 heterocycles. The van der Waals surface area contributed by atoms with Gasteiger partial charge in [0.05, 0.1) is 36.0 Å². The Balaban J connectivity index is 1.35. The van der Waals surface area contributed by atoms with Crippen LogP contribution in [0.15, 0.2) is 48.9 Å². The highest BCUT2D eigenvalue weighted by molar-refractivity contribution is 6.45. The monoisotopic (exact) mass is 391 g/mol. The van der Waals surface area contributed by atoms with E-state index in [1.54, 1.807) is 6.20 Å². The molecular formula is C22H21N3O4. The normalized spacial score (nSPS) is 13.9. The van der Waals surface area contributed by atoms with Gasteiger partial charge in [-0.15, -0.1) is 0 Å². The molecule has 0 radical (unpaired) electrons. The Labute approximate surface area is 167 Å². The SMILES string of the molecule is COc1cncc2[nH]cc(C(=O)C(=O)N3CC(CCC(=O)c4ccccc4)C3)c12. The summed E-state index contributed by atoms with van der Waals surface area (Å²) >= 11 is 0. The number of ketones is 2. The van der Waals surface area contributed by atoms with Crippen LogP contribution in [-0.4, -0.2) is 52.5 Å². The molecule has 1 amide bonds. The molecule has 0 aliphatic carbocycles. The first-order valence-corrected chi connectivity index (χ1v) is 9.49. The second kappa shape index (κ2) is 7.87. The van der Waals surface area contributed by atoms with Crippen molar-refractivity contribution in [3.05, 3.63) is 60.0 Å². The fraction of sp³-hybridized carbons (Fsp3) is 0.273. The first-order chi connectivity index (χ1) is 14.1. The highest BCUT2D eigenvalue weighted by Crippen LogP contribution is 2.29. The van der Waals surface area contributed by atoms with Crippen molar-refractivity contribution in [2.45, 2.75) is 12.8 Å². The highest BCUT2D eigenvalue weighted by atomic mass is 16.5. The number of carbonyl (C=O) groups is 3. The van der Waals surface area contributed by atoms with Gasteiger partial charge >= 0.3 is 0 Å². The molecule has 0 spiro atoms. The lowest BCUT2D eigenvalue weighted by atomic mass is 9.91. The van der Waals surface area contributed by atoms with Gasteiger partial charge in [0.25, 0.3) is 11.7 Å². The number of carbonyl (C=O) groups excluding carboxylic acids is 3. The third-order valence-corrected chi connectivity index (χ3v) is 5.33. The van der Waals surface area contributed by atoms with Crippen LogP contribution in [0.3, 0.4) is 0 Å². The fourth-order valence-electron chi connectivity index (χ4n) is 3.67. The van der Waals surface area contributed by atoms with Crippen molar-refractivity contribution in [3.63, 3.8) is 0 Å². The maximum atomic E-state index is 12.7. The summed E-state index contributed by atoms with van der Waals surface area (Å²) in [6.45, 7) is 0.987. The number of nitrogens with one attached hydrogen (secondary N) is 1. The number of hydrogen-bond donors (Lipinski definition) is 1. The molecule has 1 N–H and O–H groups in total. The zero-order valence-corrected chi connectivity index (χ0v) is 16.1. The van der Waals surface area contributed by atoms with E-state index in [-0.39, 0.29) is 17.3 Å².